The molecule has 0 aliphatic carbocycles. The van der Waals surface area contributed by atoms with Crippen LogP contribution in [0.5, 0.6) is 0 Å². The number of hydrogen-bond acceptors (Lipinski definition) is 4. The van der Waals surface area contributed by atoms with Gasteiger partial charge in [0.2, 0.25) is 0 Å². The molecular formula is C9H13N5. The van der Waals surface area contributed by atoms with Gasteiger partial charge in [-0.3, -0.25) is 0 Å². The van der Waals surface area contributed by atoms with E-state index >= 15 is 0 Å². The Hall–Kier alpha value is -1.49. The van der Waals surface area contributed by atoms with Crippen LogP contribution in [-0.4, -0.2) is 26.6 Å². The highest BCUT2D eigenvalue weighted by molar-refractivity contribution is 5.36. The molecule has 14 heavy (non-hydrogen) atoms. The molecule has 0 saturated heterocycles. The van der Waals surface area contributed by atoms with Crippen LogP contribution < -0.4 is 5.73 Å². The largest absolute Gasteiger partial charge is 0.330 e. The van der Waals surface area contributed by atoms with Crippen LogP contribution in [0, 0.1) is 5.92 Å². The lowest BCUT2D eigenvalue weighted by molar-refractivity contribution is 0.571. The lowest BCUT2D eigenvalue weighted by Crippen LogP contribution is -2.15. The Morgan fingerprint density at radius 2 is 2.36 bits per heavy atom. The Morgan fingerprint density at radius 1 is 1.50 bits per heavy atom. The molecule has 1 atom stereocenters. The number of rotatable bonds is 3. The molecule has 1 unspecified atom stereocenters. The van der Waals surface area contributed by atoms with Gasteiger partial charge < -0.3 is 5.73 Å². The summed E-state index contributed by atoms with van der Waals surface area (Å²) in [7, 11) is 0. The summed E-state index contributed by atoms with van der Waals surface area (Å²) in [5.41, 5.74) is 7.46. The second-order valence-corrected chi connectivity index (χ2v) is 3.51. The number of nitrogens with zero attached hydrogens (tertiary/aromatic N) is 4. The minimum absolute atomic E-state index is 0.449. The average molecular weight is 191 g/mol. The van der Waals surface area contributed by atoms with Gasteiger partial charge in [-0.15, -0.1) is 5.10 Å². The van der Waals surface area contributed by atoms with Gasteiger partial charge >= 0.3 is 0 Å². The van der Waals surface area contributed by atoms with Crippen molar-refractivity contribution in [3.63, 3.8) is 0 Å². The fraction of sp³-hybridized carbons (Fsp3) is 0.444. The van der Waals surface area contributed by atoms with Gasteiger partial charge in [0.15, 0.2) is 5.65 Å². The Balaban J connectivity index is 2.36. The molecule has 0 amide bonds. The van der Waals surface area contributed by atoms with Crippen LogP contribution >= 0.6 is 0 Å². The van der Waals surface area contributed by atoms with Crippen LogP contribution in [0.25, 0.3) is 5.65 Å². The highest BCUT2D eigenvalue weighted by atomic mass is 15.5. The van der Waals surface area contributed by atoms with Gasteiger partial charge in [0.05, 0.1) is 0 Å². The highest BCUT2D eigenvalue weighted by Gasteiger charge is 2.06. The first kappa shape index (κ1) is 9.08. The maximum Gasteiger partial charge on any atom is 0.179 e. The number of nitrogens with two attached hydrogens (primary N) is 1. The van der Waals surface area contributed by atoms with Gasteiger partial charge in [0.1, 0.15) is 0 Å². The quantitative estimate of drug-likeness (QED) is 0.755. The average Bonchev–Trinajstić information content (AvgIpc) is 2.66. The summed E-state index contributed by atoms with van der Waals surface area (Å²) in [5.74, 6) is 0.449. The van der Waals surface area contributed by atoms with E-state index in [1.807, 2.05) is 18.2 Å². The van der Waals surface area contributed by atoms with Gasteiger partial charge in [-0.05, 0) is 41.4 Å². The first-order chi connectivity index (χ1) is 6.81. The molecule has 5 nitrogen and oxygen atoms in total. The number of fused-ring (bicyclic) bond motifs is 1. The second-order valence-electron chi connectivity index (χ2n) is 3.51. The minimum atomic E-state index is 0.449. The molecule has 74 valence electrons. The fourth-order valence-corrected chi connectivity index (χ4v) is 1.41. The van der Waals surface area contributed by atoms with Crippen LogP contribution in [0.3, 0.4) is 0 Å². The third kappa shape index (κ3) is 1.58. The Bertz CT molecular complexity index is 422. The van der Waals surface area contributed by atoms with E-state index in [9.17, 15) is 0 Å². The van der Waals surface area contributed by atoms with Gasteiger partial charge in [-0.25, -0.2) is 0 Å². The monoisotopic (exact) mass is 191 g/mol. The van der Waals surface area contributed by atoms with Crippen molar-refractivity contribution in [1.82, 2.24) is 20.0 Å². The number of hydrogen-bond donors (Lipinski definition) is 1. The van der Waals surface area contributed by atoms with Gasteiger partial charge in [0, 0.05) is 5.69 Å². The van der Waals surface area contributed by atoms with Gasteiger partial charge in [-0.1, -0.05) is 13.0 Å². The summed E-state index contributed by atoms with van der Waals surface area (Å²) >= 11 is 0. The van der Waals surface area contributed by atoms with E-state index in [2.05, 4.69) is 22.4 Å². The van der Waals surface area contributed by atoms with Crippen molar-refractivity contribution < 1.29 is 0 Å². The normalized spacial score (nSPS) is 13.3. The summed E-state index contributed by atoms with van der Waals surface area (Å²) in [4.78, 5) is 0. The maximum atomic E-state index is 5.58. The molecule has 5 heteroatoms. The zero-order valence-electron chi connectivity index (χ0n) is 8.09. The first-order valence-electron chi connectivity index (χ1n) is 4.67. The van der Waals surface area contributed by atoms with Crippen molar-refractivity contribution in [2.75, 3.05) is 6.54 Å². The topological polar surface area (TPSA) is 69.1 Å². The van der Waals surface area contributed by atoms with E-state index in [0.29, 0.717) is 12.5 Å². The zero-order valence-corrected chi connectivity index (χ0v) is 8.09. The summed E-state index contributed by atoms with van der Waals surface area (Å²) in [6.45, 7) is 2.79. The summed E-state index contributed by atoms with van der Waals surface area (Å²) in [6, 6.07) is 5.87. The van der Waals surface area contributed by atoms with E-state index in [-0.39, 0.29) is 0 Å². The summed E-state index contributed by atoms with van der Waals surface area (Å²) in [6.07, 6.45) is 0.902. The van der Waals surface area contributed by atoms with Crippen LogP contribution in [0.1, 0.15) is 12.6 Å². The molecular weight excluding hydrogens is 178 g/mol. The molecule has 0 bridgehead atoms. The molecule has 0 radical (unpaired) electrons. The van der Waals surface area contributed by atoms with Crippen molar-refractivity contribution in [2.24, 2.45) is 11.7 Å². The van der Waals surface area contributed by atoms with Crippen molar-refractivity contribution in [3.05, 3.63) is 23.9 Å². The van der Waals surface area contributed by atoms with Crippen molar-refractivity contribution >= 4 is 5.65 Å². The van der Waals surface area contributed by atoms with Crippen molar-refractivity contribution in [3.8, 4) is 0 Å². The summed E-state index contributed by atoms with van der Waals surface area (Å²) < 4.78 is 1.76. The lowest BCUT2D eigenvalue weighted by atomic mass is 10.1. The highest BCUT2D eigenvalue weighted by Crippen LogP contribution is 2.08. The lowest BCUT2D eigenvalue weighted by Gasteiger charge is -2.08. The molecule has 0 fully saturated rings. The predicted octanol–water partition coefficient (Wildman–Crippen LogP) is 0.262. The molecule has 2 N–H and O–H groups in total. The number of aromatic nitrogens is 4. The molecule has 0 spiro atoms. The van der Waals surface area contributed by atoms with Crippen LogP contribution in [0.15, 0.2) is 18.2 Å². The van der Waals surface area contributed by atoms with Crippen molar-refractivity contribution in [2.45, 2.75) is 13.3 Å². The third-order valence-corrected chi connectivity index (χ3v) is 2.26. The fourth-order valence-electron chi connectivity index (χ4n) is 1.41. The van der Waals surface area contributed by atoms with E-state index in [1.54, 1.807) is 4.52 Å². The summed E-state index contributed by atoms with van der Waals surface area (Å²) in [5, 5.41) is 11.4. The molecule has 0 saturated carbocycles. The van der Waals surface area contributed by atoms with Crippen LogP contribution in [-0.2, 0) is 6.42 Å². The van der Waals surface area contributed by atoms with E-state index in [0.717, 1.165) is 17.8 Å². The van der Waals surface area contributed by atoms with E-state index in [4.69, 9.17) is 5.73 Å². The third-order valence-electron chi connectivity index (χ3n) is 2.26. The number of pyridine rings is 1. The Morgan fingerprint density at radius 3 is 3.14 bits per heavy atom. The smallest absolute Gasteiger partial charge is 0.179 e. The molecule has 2 heterocycles. The Kier molecular flexibility index (Phi) is 2.41. The van der Waals surface area contributed by atoms with Crippen LogP contribution in [0.4, 0.5) is 0 Å². The van der Waals surface area contributed by atoms with E-state index < -0.39 is 0 Å². The second kappa shape index (κ2) is 3.71. The molecule has 2 aromatic rings. The van der Waals surface area contributed by atoms with Gasteiger partial charge in [0.25, 0.3) is 0 Å². The van der Waals surface area contributed by atoms with Crippen LogP contribution in [0.2, 0.25) is 0 Å². The van der Waals surface area contributed by atoms with Gasteiger partial charge in [-0.2, -0.15) is 4.52 Å². The standard InChI is InChI=1S/C9H13N5/c1-7(6-10)5-8-3-2-4-9-11-12-13-14(8)9/h2-4,7H,5-6,10H2,1H3. The SMILES string of the molecule is CC(CN)Cc1cccc2nnnn12. The first-order valence-corrected chi connectivity index (χ1v) is 4.67. The molecule has 0 aliphatic heterocycles. The maximum absolute atomic E-state index is 5.58. The molecule has 2 rings (SSSR count). The predicted molar refractivity (Wildman–Crippen MR) is 52.7 cm³/mol. The Labute approximate surface area is 81.9 Å². The zero-order chi connectivity index (χ0) is 9.97. The minimum Gasteiger partial charge on any atom is -0.330 e. The molecule has 2 aromatic heterocycles. The molecule has 0 aliphatic rings. The van der Waals surface area contributed by atoms with E-state index in [1.165, 1.54) is 0 Å². The van der Waals surface area contributed by atoms with Crippen molar-refractivity contribution in [1.29, 1.82) is 0 Å². The number of tetrazole rings is 1. The molecule has 0 aromatic carbocycles.